The number of hydrogen-bond acceptors (Lipinski definition) is 16. The third-order valence-corrected chi connectivity index (χ3v) is 18.9. The van der Waals surface area contributed by atoms with Gasteiger partial charge in [0.25, 0.3) is 0 Å². The maximum Gasteiger partial charge on any atom is 0.493 e. The van der Waals surface area contributed by atoms with Crippen molar-refractivity contribution >= 4 is 42.5 Å². The van der Waals surface area contributed by atoms with Gasteiger partial charge in [-0.2, -0.15) is 4.79 Å². The Kier molecular flexibility index (Phi) is 74.3. The lowest BCUT2D eigenvalue weighted by Crippen LogP contribution is -2.46. The molecule has 0 fully saturated rings. The average molecular weight is 1490 g/mol. The van der Waals surface area contributed by atoms with Crippen LogP contribution in [0, 0.1) is 14.4 Å². The first kappa shape index (κ1) is 104. The van der Waals surface area contributed by atoms with Crippen LogP contribution in [0.5, 0.6) is 0 Å². The van der Waals surface area contributed by atoms with Gasteiger partial charge in [-0.05, 0) is 104 Å². The highest BCUT2D eigenvalue weighted by Crippen LogP contribution is 2.20. The van der Waals surface area contributed by atoms with Crippen LogP contribution < -0.4 is 0 Å². The van der Waals surface area contributed by atoms with Crippen molar-refractivity contribution in [2.75, 3.05) is 74.1 Å². The second-order valence-electron chi connectivity index (χ2n) is 30.2. The lowest BCUT2D eigenvalue weighted by Gasteiger charge is -2.30. The predicted molar refractivity (Wildman–Crippen MR) is 432 cm³/mol. The van der Waals surface area contributed by atoms with Gasteiger partial charge in [0.2, 0.25) is 6.54 Å². The predicted octanol–water partition coefficient (Wildman–Crippen LogP) is 18.9. The largest absolute Gasteiger partial charge is 0.493 e. The minimum atomic E-state index is -1.19. The summed E-state index contributed by atoms with van der Waals surface area (Å²) in [4.78, 5) is 79.3. The van der Waals surface area contributed by atoms with Crippen molar-refractivity contribution in [1.29, 1.82) is 0 Å². The molecule has 3 N–H and O–H groups in total. The first-order valence-corrected chi connectivity index (χ1v) is 42.0. The standard InChI is InChI=1S/C72H129N2O15.C14H31N.CH3/c1-10-15-20-22-24-26-28-30-32-43-54-73(7)56-71(82)88-66(49-35-18-13-4)63(77)47-39-42-53-70(81)87-61(58-84-68(79)51-40-37-45-62(76)65(86-60(6)75)48-34-17-12-3)59-85-69(80)52-41-38-46-64(78)67(50-36-19-14-5)89-72(83)57-74(8,9)55-44-33-31-29-27-25-23-21-16-11-2;1-4-5-6-7-8-9-10-11-12-13-14-15(2)3;/h37-42,61-67,76-78H,6-7,10-36,43-59H2,1-5,8-9H3;4-14H2,1-3H3;1H3/q+3;;+1/b40-37+,41-38+,42-39+;;. The molecule has 0 spiro atoms. The van der Waals surface area contributed by atoms with E-state index in [1.165, 1.54) is 179 Å². The van der Waals surface area contributed by atoms with E-state index < -0.39 is 85.8 Å². The van der Waals surface area contributed by atoms with Gasteiger partial charge < -0.3 is 53.1 Å². The Morgan fingerprint density at radius 3 is 1.09 bits per heavy atom. The SMILES string of the molecule is C=[N+](CCCCCCCCCCCC)CC(=O)OC(CCCCC)C(O)C/C=C/CC(=O)OC(COC(=O)C/C=C/CC(O)C(CCCCC)OC([CH2+])=O)COC(=O)C/C=C/CC(O)C(CCCCC)OC(=O)C[N+](C)(C)CCCCCCCCCCCC.CCCCCCCCCCCCN(C)C.[CH3+]. The van der Waals surface area contributed by atoms with Crippen LogP contribution in [-0.4, -0.2) is 189 Å². The number of likely N-dealkylation sites (N-methyl/N-ethyl adjacent to an activating group) is 1. The molecule has 612 valence electrons. The van der Waals surface area contributed by atoms with Crippen LogP contribution >= 0.6 is 0 Å². The number of aliphatic hydroxyl groups excluding tert-OH is 3. The van der Waals surface area contributed by atoms with Crippen molar-refractivity contribution in [1.82, 2.24) is 4.90 Å². The molecule has 0 radical (unpaired) electrons. The molecule has 0 saturated heterocycles. The molecule has 0 saturated carbocycles. The summed E-state index contributed by atoms with van der Waals surface area (Å²) in [6.07, 6.45) is 51.0. The smallest absolute Gasteiger partial charge is 0.461 e. The summed E-state index contributed by atoms with van der Waals surface area (Å²) < 4.78 is 35.7. The molecule has 0 aromatic heterocycles. The number of quaternary nitrogens is 1. The first-order chi connectivity index (χ1) is 50.1. The highest BCUT2D eigenvalue weighted by atomic mass is 16.6. The van der Waals surface area contributed by atoms with Gasteiger partial charge in [0.15, 0.2) is 19.6 Å². The second-order valence-corrected chi connectivity index (χ2v) is 30.2. The van der Waals surface area contributed by atoms with Crippen LogP contribution in [0.3, 0.4) is 0 Å². The molecule has 7 atom stereocenters. The summed E-state index contributed by atoms with van der Waals surface area (Å²) in [6.45, 7) is 22.3. The monoisotopic (exact) mass is 1490 g/mol. The fourth-order valence-corrected chi connectivity index (χ4v) is 12.4. The molecule has 0 aliphatic carbocycles. The quantitative estimate of drug-likeness (QED) is 0.00752. The number of aliphatic hydroxyl groups is 3. The minimum Gasteiger partial charge on any atom is -0.461 e. The molecule has 0 aromatic carbocycles. The second kappa shape index (κ2) is 74.7. The zero-order chi connectivity index (χ0) is 77.5. The highest BCUT2D eigenvalue weighted by molar-refractivity contribution is 5.74. The maximum absolute atomic E-state index is 13.3. The summed E-state index contributed by atoms with van der Waals surface area (Å²) in [5, 5.41) is 33.2. The van der Waals surface area contributed by atoms with Crippen molar-refractivity contribution < 1.29 is 81.6 Å². The Labute approximate surface area is 643 Å². The number of carbonyl (C=O) groups is 6. The number of nitrogens with zero attached hydrogens (tertiary/aromatic N) is 3. The molecular weight excluding hydrogens is 1330 g/mol. The van der Waals surface area contributed by atoms with Crippen molar-refractivity contribution in [2.45, 2.75) is 392 Å². The van der Waals surface area contributed by atoms with E-state index >= 15 is 0 Å². The third kappa shape index (κ3) is 70.7. The molecule has 0 heterocycles. The number of unbranched alkanes of at least 4 members (excludes halogenated alkanes) is 33. The molecule has 0 amide bonds. The average Bonchev–Trinajstić information content (AvgIpc) is 0.897. The van der Waals surface area contributed by atoms with Gasteiger partial charge in [0.1, 0.15) is 44.8 Å². The number of ether oxygens (including phenoxy) is 6. The van der Waals surface area contributed by atoms with Crippen LogP contribution in [0.25, 0.3) is 0 Å². The molecule has 18 heteroatoms. The van der Waals surface area contributed by atoms with E-state index in [2.05, 4.69) is 67.3 Å². The Balaban J connectivity index is -0.00000577. The molecule has 0 aliphatic heterocycles. The Hall–Kier alpha value is -4.75. The van der Waals surface area contributed by atoms with Gasteiger partial charge >= 0.3 is 35.8 Å². The van der Waals surface area contributed by atoms with Gasteiger partial charge in [-0.25, -0.2) is 14.2 Å². The third-order valence-electron chi connectivity index (χ3n) is 18.9. The Morgan fingerprint density at radius 2 is 0.724 bits per heavy atom. The molecule has 18 nitrogen and oxygen atoms in total. The summed E-state index contributed by atoms with van der Waals surface area (Å²) in [7, 11) is 8.39. The number of hydrogen-bond donors (Lipinski definition) is 3. The van der Waals surface area contributed by atoms with Crippen LogP contribution in [0.4, 0.5) is 0 Å². The Bertz CT molecular complexity index is 2170. The van der Waals surface area contributed by atoms with Gasteiger partial charge in [-0.1, -0.05) is 277 Å². The lowest BCUT2D eigenvalue weighted by molar-refractivity contribution is -0.883. The van der Waals surface area contributed by atoms with Crippen molar-refractivity contribution in [3.8, 4) is 0 Å². The van der Waals surface area contributed by atoms with Gasteiger partial charge in [0, 0.05) is 13.8 Å². The number of esters is 6. The zero-order valence-electron chi connectivity index (χ0n) is 69.4. The van der Waals surface area contributed by atoms with Gasteiger partial charge in [-0.3, -0.25) is 14.4 Å². The van der Waals surface area contributed by atoms with E-state index in [1.54, 1.807) is 28.9 Å². The van der Waals surface area contributed by atoms with E-state index in [0.29, 0.717) is 30.3 Å². The molecule has 105 heavy (non-hydrogen) atoms. The molecular formula is C87H163N3O15+4. The molecule has 0 rings (SSSR count). The summed E-state index contributed by atoms with van der Waals surface area (Å²) >= 11 is 0. The van der Waals surface area contributed by atoms with Gasteiger partial charge in [0.05, 0.1) is 58.2 Å². The van der Waals surface area contributed by atoms with E-state index in [0.717, 1.165) is 96.4 Å². The highest BCUT2D eigenvalue weighted by Gasteiger charge is 2.29. The van der Waals surface area contributed by atoms with Crippen LogP contribution in [0.1, 0.15) is 350 Å². The molecule has 0 aliphatic rings. The molecule has 0 aromatic rings. The van der Waals surface area contributed by atoms with Crippen molar-refractivity contribution in [3.05, 3.63) is 50.8 Å². The summed E-state index contributed by atoms with van der Waals surface area (Å²) in [5.74, 6) is -3.62. The fourth-order valence-electron chi connectivity index (χ4n) is 12.4. The van der Waals surface area contributed by atoms with Crippen LogP contribution in [-0.2, 0) is 57.2 Å². The number of carbonyl (C=O) groups excluding carboxylic acids is 6. The molecule has 7 unspecified atom stereocenters. The zero-order valence-corrected chi connectivity index (χ0v) is 69.4. The Morgan fingerprint density at radius 1 is 0.410 bits per heavy atom. The topological polar surface area (TPSA) is 225 Å². The lowest BCUT2D eigenvalue weighted by atomic mass is 10.0. The first-order valence-electron chi connectivity index (χ1n) is 42.0. The normalized spacial score (nSPS) is 13.7. The molecule has 0 bridgehead atoms. The van der Waals surface area contributed by atoms with E-state index in [-0.39, 0.29) is 65.0 Å². The maximum atomic E-state index is 13.3. The fraction of sp³-hybridized carbons (Fsp3) is 0.828. The minimum absolute atomic E-state index is 0. The summed E-state index contributed by atoms with van der Waals surface area (Å²) in [5.41, 5.74) is 0. The van der Waals surface area contributed by atoms with Crippen LogP contribution in [0.2, 0.25) is 0 Å². The van der Waals surface area contributed by atoms with E-state index in [9.17, 15) is 44.1 Å². The van der Waals surface area contributed by atoms with E-state index in [4.69, 9.17) is 28.4 Å². The van der Waals surface area contributed by atoms with Crippen molar-refractivity contribution in [3.63, 3.8) is 0 Å². The van der Waals surface area contributed by atoms with E-state index in [1.807, 2.05) is 21.0 Å². The van der Waals surface area contributed by atoms with Crippen LogP contribution in [0.15, 0.2) is 36.5 Å². The van der Waals surface area contributed by atoms with Crippen molar-refractivity contribution in [2.24, 2.45) is 0 Å². The summed E-state index contributed by atoms with van der Waals surface area (Å²) in [6, 6.07) is 0. The number of rotatable bonds is 72. The van der Waals surface area contributed by atoms with Gasteiger partial charge in [-0.15, -0.1) is 0 Å².